The highest BCUT2D eigenvalue weighted by atomic mass is 35.5. The molecule has 1 aliphatic heterocycles. The molecule has 0 fully saturated rings. The summed E-state index contributed by atoms with van der Waals surface area (Å²) in [5.74, 6) is -0.699. The van der Waals surface area contributed by atoms with Crippen molar-refractivity contribution in [2.45, 2.75) is 32.4 Å². The number of Topliss-reactive ketones (excluding diaryl/α,β-unsaturated/α-hetero) is 1. The molecule has 0 aliphatic carbocycles. The van der Waals surface area contributed by atoms with Gasteiger partial charge in [0.2, 0.25) is 5.91 Å². The van der Waals surface area contributed by atoms with Gasteiger partial charge in [0.15, 0.2) is 5.78 Å². The zero-order valence-corrected chi connectivity index (χ0v) is 19.5. The molecule has 34 heavy (non-hydrogen) atoms. The number of halogens is 1. The Hall–Kier alpha value is -3.77. The maximum atomic E-state index is 13.6. The van der Waals surface area contributed by atoms with Crippen molar-refractivity contribution in [1.82, 2.24) is 9.88 Å². The second-order valence-electron chi connectivity index (χ2n) is 8.14. The van der Waals surface area contributed by atoms with Crippen LogP contribution >= 0.6 is 11.6 Å². The molecule has 2 aromatic carbocycles. The molecule has 0 spiro atoms. The number of nitrogens with zero attached hydrogens (tertiary/aromatic N) is 2. The summed E-state index contributed by atoms with van der Waals surface area (Å²) < 4.78 is 0. The highest BCUT2D eigenvalue weighted by Crippen LogP contribution is 2.28. The van der Waals surface area contributed by atoms with Gasteiger partial charge in [0.05, 0.1) is 11.3 Å². The summed E-state index contributed by atoms with van der Waals surface area (Å²) in [5.41, 5.74) is 3.33. The van der Waals surface area contributed by atoms with Crippen LogP contribution in [0.15, 0.2) is 79.0 Å². The molecule has 4 rings (SSSR count). The lowest BCUT2D eigenvalue weighted by Gasteiger charge is -2.28. The molecular weight excluding hydrogens is 450 g/mol. The van der Waals surface area contributed by atoms with Crippen molar-refractivity contribution in [3.8, 4) is 0 Å². The molecule has 2 heterocycles. The van der Waals surface area contributed by atoms with Gasteiger partial charge in [-0.05, 0) is 47.9 Å². The van der Waals surface area contributed by atoms with Crippen LogP contribution in [0, 0.1) is 0 Å². The van der Waals surface area contributed by atoms with Crippen LogP contribution < -0.4 is 5.32 Å². The number of carbonyl (C=O) groups excluding carboxylic acids is 3. The van der Waals surface area contributed by atoms with Crippen LogP contribution in [0.1, 0.15) is 45.3 Å². The molecule has 1 unspecified atom stereocenters. The third-order valence-electron chi connectivity index (χ3n) is 5.86. The molecule has 3 aromatic rings. The van der Waals surface area contributed by atoms with E-state index in [1.54, 1.807) is 59.6 Å². The van der Waals surface area contributed by atoms with Crippen LogP contribution in [0.3, 0.4) is 0 Å². The normalized spacial score (nSPS) is 15.4. The fourth-order valence-electron chi connectivity index (χ4n) is 3.88. The van der Waals surface area contributed by atoms with E-state index in [1.165, 1.54) is 0 Å². The Morgan fingerprint density at radius 3 is 2.56 bits per heavy atom. The Morgan fingerprint density at radius 2 is 1.88 bits per heavy atom. The number of aromatic nitrogens is 1. The van der Waals surface area contributed by atoms with E-state index in [1.807, 2.05) is 19.1 Å². The van der Waals surface area contributed by atoms with Gasteiger partial charge >= 0.3 is 0 Å². The zero-order valence-electron chi connectivity index (χ0n) is 18.8. The third-order valence-corrected chi connectivity index (χ3v) is 6.09. The zero-order chi connectivity index (χ0) is 24.2. The van der Waals surface area contributed by atoms with E-state index in [-0.39, 0.29) is 30.6 Å². The van der Waals surface area contributed by atoms with Crippen molar-refractivity contribution in [2.75, 3.05) is 5.32 Å². The van der Waals surface area contributed by atoms with Gasteiger partial charge in [0.1, 0.15) is 6.04 Å². The van der Waals surface area contributed by atoms with Gasteiger partial charge in [-0.1, -0.05) is 55.4 Å². The first-order valence-electron chi connectivity index (χ1n) is 11.0. The summed E-state index contributed by atoms with van der Waals surface area (Å²) in [6, 6.07) is 16.6. The molecule has 1 N–H and O–H groups in total. The molecule has 7 heteroatoms. The monoisotopic (exact) mass is 473 g/mol. The Morgan fingerprint density at radius 1 is 1.12 bits per heavy atom. The number of allylic oxidation sites excluding steroid dienone is 1. The van der Waals surface area contributed by atoms with Gasteiger partial charge in [0.25, 0.3) is 5.91 Å². The number of pyridine rings is 1. The molecule has 1 aromatic heterocycles. The third kappa shape index (κ3) is 4.92. The number of rotatable bonds is 7. The SMILES string of the molecule is C=C(CC)C(=O)c1ccc(CN2C(=O)c3ccc(Cl)cc3NC(=O)C2Cc2ccccn2)cc1. The molecular formula is C27H24ClN3O3. The van der Waals surface area contributed by atoms with E-state index in [0.717, 1.165) is 5.56 Å². The minimum Gasteiger partial charge on any atom is -0.323 e. The van der Waals surface area contributed by atoms with Crippen molar-refractivity contribution < 1.29 is 14.4 Å². The number of anilines is 1. The maximum absolute atomic E-state index is 13.6. The average Bonchev–Trinajstić information content (AvgIpc) is 2.94. The molecule has 1 atom stereocenters. The highest BCUT2D eigenvalue weighted by Gasteiger charge is 2.36. The van der Waals surface area contributed by atoms with Crippen LogP contribution in [0.25, 0.3) is 0 Å². The van der Waals surface area contributed by atoms with E-state index in [0.29, 0.717) is 39.5 Å². The first-order chi connectivity index (χ1) is 16.4. The van der Waals surface area contributed by atoms with E-state index in [9.17, 15) is 14.4 Å². The van der Waals surface area contributed by atoms with E-state index < -0.39 is 6.04 Å². The van der Waals surface area contributed by atoms with Crippen molar-refractivity contribution in [3.05, 3.63) is 106 Å². The largest absolute Gasteiger partial charge is 0.323 e. The number of hydrogen-bond acceptors (Lipinski definition) is 4. The number of hydrogen-bond donors (Lipinski definition) is 1. The molecule has 2 amide bonds. The number of nitrogens with one attached hydrogen (secondary N) is 1. The standard InChI is InChI=1S/C27H24ClN3O3/c1-3-17(2)25(32)19-9-7-18(8-10-19)16-31-24(15-21-6-4-5-13-29-21)26(33)30-23-14-20(28)11-12-22(23)27(31)34/h4-14,24H,2-3,15-16H2,1H3,(H,30,33). The first kappa shape index (κ1) is 23.4. The lowest BCUT2D eigenvalue weighted by Crippen LogP contribution is -2.46. The number of fused-ring (bicyclic) bond motifs is 1. The minimum absolute atomic E-state index is 0.0990. The van der Waals surface area contributed by atoms with Crippen LogP contribution in [0.4, 0.5) is 5.69 Å². The maximum Gasteiger partial charge on any atom is 0.256 e. The van der Waals surface area contributed by atoms with Crippen molar-refractivity contribution in [1.29, 1.82) is 0 Å². The molecule has 172 valence electrons. The summed E-state index contributed by atoms with van der Waals surface area (Å²) in [5, 5.41) is 3.28. The Balaban J connectivity index is 1.68. The summed E-state index contributed by atoms with van der Waals surface area (Å²) in [6.07, 6.45) is 2.49. The second kappa shape index (κ2) is 10.0. The van der Waals surface area contributed by atoms with Crippen LogP contribution in [-0.2, 0) is 17.8 Å². The van der Waals surface area contributed by atoms with E-state index in [2.05, 4.69) is 16.9 Å². The number of ketones is 1. The topological polar surface area (TPSA) is 79.4 Å². The second-order valence-corrected chi connectivity index (χ2v) is 8.57. The predicted molar refractivity (Wildman–Crippen MR) is 132 cm³/mol. The van der Waals surface area contributed by atoms with Crippen LogP contribution in [0.5, 0.6) is 0 Å². The van der Waals surface area contributed by atoms with Gasteiger partial charge < -0.3 is 10.2 Å². The highest BCUT2D eigenvalue weighted by molar-refractivity contribution is 6.31. The van der Waals surface area contributed by atoms with Crippen molar-refractivity contribution in [2.24, 2.45) is 0 Å². The first-order valence-corrected chi connectivity index (χ1v) is 11.4. The molecule has 0 saturated heterocycles. The molecule has 1 aliphatic rings. The van der Waals surface area contributed by atoms with Gasteiger partial charge in [-0.15, -0.1) is 0 Å². The molecule has 6 nitrogen and oxygen atoms in total. The smallest absolute Gasteiger partial charge is 0.256 e. The van der Waals surface area contributed by atoms with E-state index >= 15 is 0 Å². The summed E-state index contributed by atoms with van der Waals surface area (Å²) in [7, 11) is 0. The van der Waals surface area contributed by atoms with Gasteiger partial charge in [-0.25, -0.2) is 0 Å². The molecule has 0 radical (unpaired) electrons. The summed E-state index contributed by atoms with van der Waals surface area (Å²) in [6.45, 7) is 5.89. The molecule has 0 saturated carbocycles. The lowest BCUT2D eigenvalue weighted by atomic mass is 10.0. The van der Waals surface area contributed by atoms with Crippen molar-refractivity contribution >= 4 is 34.9 Å². The lowest BCUT2D eigenvalue weighted by molar-refractivity contribution is -0.120. The van der Waals surface area contributed by atoms with Crippen molar-refractivity contribution in [3.63, 3.8) is 0 Å². The number of amides is 2. The van der Waals surface area contributed by atoms with Gasteiger partial charge in [0, 0.05) is 35.4 Å². The van der Waals surface area contributed by atoms with E-state index in [4.69, 9.17) is 11.6 Å². The van der Waals surface area contributed by atoms with Crippen LogP contribution in [0.2, 0.25) is 5.02 Å². The fraction of sp³-hybridized carbons (Fsp3) is 0.185. The Bertz CT molecular complexity index is 1260. The number of carbonyl (C=O) groups is 3. The number of benzene rings is 2. The Labute approximate surface area is 203 Å². The van der Waals surface area contributed by atoms with Crippen LogP contribution in [-0.4, -0.2) is 33.5 Å². The van der Waals surface area contributed by atoms with Gasteiger partial charge in [-0.3, -0.25) is 19.4 Å². The summed E-state index contributed by atoms with van der Waals surface area (Å²) >= 11 is 6.11. The summed E-state index contributed by atoms with van der Waals surface area (Å²) in [4.78, 5) is 45.2. The fourth-order valence-corrected chi connectivity index (χ4v) is 4.06. The predicted octanol–water partition coefficient (Wildman–Crippen LogP) is 5.09. The quantitative estimate of drug-likeness (QED) is 0.383. The Kier molecular flexibility index (Phi) is 6.89. The average molecular weight is 474 g/mol. The van der Waals surface area contributed by atoms with Gasteiger partial charge in [-0.2, -0.15) is 0 Å². The minimum atomic E-state index is -0.783. The molecule has 0 bridgehead atoms.